The molecule has 0 saturated heterocycles. The van der Waals surface area contributed by atoms with Crippen LogP contribution in [0.25, 0.3) is 0 Å². The molecule has 2 aromatic rings. The third kappa shape index (κ3) is 3.71. The van der Waals surface area contributed by atoms with Gasteiger partial charge >= 0.3 is 0 Å². The Morgan fingerprint density at radius 3 is 2.68 bits per heavy atom. The second-order valence-corrected chi connectivity index (χ2v) is 7.13. The number of aromatic nitrogens is 2. The van der Waals surface area contributed by atoms with E-state index >= 15 is 0 Å². The summed E-state index contributed by atoms with van der Waals surface area (Å²) < 4.78 is 1.98. The second-order valence-electron chi connectivity index (χ2n) is 3.88. The first-order chi connectivity index (χ1) is 9.10. The van der Waals surface area contributed by atoms with Crippen LogP contribution in [0.15, 0.2) is 26.9 Å². The van der Waals surface area contributed by atoms with Gasteiger partial charge < -0.3 is 5.73 Å². The maximum Gasteiger partial charge on any atom is 0.175 e. The lowest BCUT2D eigenvalue weighted by Crippen LogP contribution is -2.11. The number of nitrogens with two attached hydrogens (primary N) is 1. The van der Waals surface area contributed by atoms with Crippen LogP contribution in [0, 0.1) is 12.3 Å². The highest BCUT2D eigenvalue weighted by Crippen LogP contribution is 2.30. The number of nitrogens with one attached hydrogen (secondary N) is 1. The summed E-state index contributed by atoms with van der Waals surface area (Å²) >= 11 is 4.91. The Morgan fingerprint density at radius 1 is 1.37 bits per heavy atom. The van der Waals surface area contributed by atoms with Crippen LogP contribution >= 0.6 is 34.9 Å². The van der Waals surface area contributed by atoms with Crippen molar-refractivity contribution >= 4 is 40.7 Å². The molecule has 0 atom stereocenters. The minimum atomic E-state index is 0.107. The molecule has 4 nitrogen and oxygen atoms in total. The molecule has 0 bridgehead atoms. The van der Waals surface area contributed by atoms with E-state index in [1.54, 1.807) is 34.9 Å². The zero-order valence-electron chi connectivity index (χ0n) is 10.6. The van der Waals surface area contributed by atoms with Crippen molar-refractivity contribution in [2.45, 2.75) is 21.4 Å². The van der Waals surface area contributed by atoms with Crippen molar-refractivity contribution in [3.8, 4) is 0 Å². The van der Waals surface area contributed by atoms with Gasteiger partial charge in [-0.15, -0.1) is 10.2 Å². The molecular weight excluding hydrogens is 296 g/mol. The summed E-state index contributed by atoms with van der Waals surface area (Å²) in [6, 6.07) is 5.86. The van der Waals surface area contributed by atoms with Gasteiger partial charge in [-0.25, -0.2) is 0 Å². The standard InChI is InChI=1S/C12H14N4S3/c1-7-5-8(10(13)14)3-4-9(7)6-18-12-16-15-11(17-2)19-12/h3-5H,6H2,1-2H3,(H3,13,14). The van der Waals surface area contributed by atoms with Crippen LogP contribution in [0.3, 0.4) is 0 Å². The smallest absolute Gasteiger partial charge is 0.175 e. The Labute approximate surface area is 124 Å². The third-order valence-electron chi connectivity index (χ3n) is 2.57. The molecule has 0 spiro atoms. The Hall–Kier alpha value is -1.05. The summed E-state index contributed by atoms with van der Waals surface area (Å²) in [5, 5.41) is 15.6. The average molecular weight is 310 g/mol. The van der Waals surface area contributed by atoms with Gasteiger partial charge in [-0.2, -0.15) is 0 Å². The highest BCUT2D eigenvalue weighted by atomic mass is 32.2. The van der Waals surface area contributed by atoms with Gasteiger partial charge in [-0.3, -0.25) is 5.41 Å². The number of rotatable bonds is 5. The second kappa shape index (κ2) is 6.40. The summed E-state index contributed by atoms with van der Waals surface area (Å²) in [5.74, 6) is 0.962. The molecule has 0 radical (unpaired) electrons. The van der Waals surface area contributed by atoms with E-state index in [1.165, 1.54) is 5.56 Å². The highest BCUT2D eigenvalue weighted by Gasteiger charge is 2.06. The van der Waals surface area contributed by atoms with E-state index < -0.39 is 0 Å². The Bertz CT molecular complexity index is 594. The first kappa shape index (κ1) is 14.4. The van der Waals surface area contributed by atoms with Crippen molar-refractivity contribution in [3.63, 3.8) is 0 Å². The molecule has 1 aromatic heterocycles. The third-order valence-corrected chi connectivity index (χ3v) is 5.65. The van der Waals surface area contributed by atoms with Gasteiger partial charge in [0, 0.05) is 11.3 Å². The predicted molar refractivity (Wildman–Crippen MR) is 83.4 cm³/mol. The summed E-state index contributed by atoms with van der Waals surface area (Å²) in [4.78, 5) is 0. The largest absolute Gasteiger partial charge is 0.384 e. The molecule has 0 amide bonds. The molecule has 0 fully saturated rings. The monoisotopic (exact) mass is 310 g/mol. The van der Waals surface area contributed by atoms with Crippen molar-refractivity contribution in [1.29, 1.82) is 5.41 Å². The Morgan fingerprint density at radius 2 is 2.11 bits per heavy atom. The van der Waals surface area contributed by atoms with Crippen molar-refractivity contribution in [2.24, 2.45) is 5.73 Å². The fourth-order valence-corrected chi connectivity index (χ4v) is 4.02. The number of nitrogen functional groups attached to an aromatic ring is 1. The first-order valence-electron chi connectivity index (χ1n) is 5.54. The lowest BCUT2D eigenvalue weighted by molar-refractivity contribution is 0.955. The van der Waals surface area contributed by atoms with E-state index in [2.05, 4.69) is 10.2 Å². The molecule has 0 unspecified atom stereocenters. The maximum absolute atomic E-state index is 7.42. The number of benzene rings is 1. The van der Waals surface area contributed by atoms with Crippen LogP contribution in [-0.4, -0.2) is 22.3 Å². The number of hydrogen-bond donors (Lipinski definition) is 2. The summed E-state index contributed by atoms with van der Waals surface area (Å²) in [7, 11) is 0. The van der Waals surface area contributed by atoms with E-state index in [0.29, 0.717) is 0 Å². The lowest BCUT2D eigenvalue weighted by atomic mass is 10.1. The Kier molecular flexibility index (Phi) is 4.84. The molecule has 0 saturated carbocycles. The minimum Gasteiger partial charge on any atom is -0.384 e. The van der Waals surface area contributed by atoms with Crippen LogP contribution in [-0.2, 0) is 5.75 Å². The van der Waals surface area contributed by atoms with Crippen LogP contribution in [0.4, 0.5) is 0 Å². The Balaban J connectivity index is 2.05. The van der Waals surface area contributed by atoms with Crippen molar-refractivity contribution < 1.29 is 0 Å². The van der Waals surface area contributed by atoms with Crippen LogP contribution in [0.5, 0.6) is 0 Å². The van der Waals surface area contributed by atoms with Crippen LogP contribution in [0.1, 0.15) is 16.7 Å². The molecule has 19 heavy (non-hydrogen) atoms. The number of thioether (sulfide) groups is 2. The van der Waals surface area contributed by atoms with E-state index in [0.717, 1.165) is 25.6 Å². The maximum atomic E-state index is 7.42. The van der Waals surface area contributed by atoms with Gasteiger partial charge in [-0.05, 0) is 30.4 Å². The number of nitrogens with zero attached hydrogens (tertiary/aromatic N) is 2. The first-order valence-corrected chi connectivity index (χ1v) is 8.57. The van der Waals surface area contributed by atoms with Crippen molar-refractivity contribution in [1.82, 2.24) is 10.2 Å². The van der Waals surface area contributed by atoms with Crippen LogP contribution in [0.2, 0.25) is 0 Å². The molecule has 3 N–H and O–H groups in total. The average Bonchev–Trinajstić information content (AvgIpc) is 2.85. The predicted octanol–water partition coefficient (Wildman–Crippen LogP) is 3.14. The van der Waals surface area contributed by atoms with Gasteiger partial charge in [0.15, 0.2) is 8.68 Å². The van der Waals surface area contributed by atoms with Crippen molar-refractivity contribution in [2.75, 3.05) is 6.26 Å². The minimum absolute atomic E-state index is 0.107. The lowest BCUT2D eigenvalue weighted by Gasteiger charge is -2.06. The van der Waals surface area contributed by atoms with E-state index in [-0.39, 0.29) is 5.84 Å². The van der Waals surface area contributed by atoms with E-state index in [1.807, 2.05) is 31.4 Å². The van der Waals surface area contributed by atoms with Gasteiger partial charge in [0.2, 0.25) is 0 Å². The van der Waals surface area contributed by atoms with Gasteiger partial charge in [0.05, 0.1) is 0 Å². The zero-order chi connectivity index (χ0) is 13.8. The molecule has 1 heterocycles. The van der Waals surface area contributed by atoms with E-state index in [4.69, 9.17) is 11.1 Å². The van der Waals surface area contributed by atoms with E-state index in [9.17, 15) is 0 Å². The normalized spacial score (nSPS) is 10.6. The zero-order valence-corrected chi connectivity index (χ0v) is 13.1. The molecule has 0 aliphatic rings. The molecule has 100 valence electrons. The van der Waals surface area contributed by atoms with Gasteiger partial charge in [0.25, 0.3) is 0 Å². The SMILES string of the molecule is CSc1nnc(SCc2ccc(C(=N)N)cc2C)s1. The molecule has 0 aliphatic heterocycles. The number of hydrogen-bond acceptors (Lipinski definition) is 6. The fourth-order valence-electron chi connectivity index (χ4n) is 1.50. The van der Waals surface area contributed by atoms with Crippen molar-refractivity contribution in [3.05, 3.63) is 34.9 Å². The molecule has 0 aliphatic carbocycles. The quantitative estimate of drug-likeness (QED) is 0.504. The summed E-state index contributed by atoms with van der Waals surface area (Å²) in [5.41, 5.74) is 8.63. The fraction of sp³-hybridized carbons (Fsp3) is 0.250. The molecular formula is C12H14N4S3. The summed E-state index contributed by atoms with van der Waals surface area (Å²) in [6.45, 7) is 2.04. The molecule has 2 rings (SSSR count). The van der Waals surface area contributed by atoms with Gasteiger partial charge in [0.1, 0.15) is 5.84 Å². The number of amidine groups is 1. The topological polar surface area (TPSA) is 75.7 Å². The number of aryl methyl sites for hydroxylation is 1. The summed E-state index contributed by atoms with van der Waals surface area (Å²) in [6.07, 6.45) is 2.00. The van der Waals surface area contributed by atoms with Crippen LogP contribution < -0.4 is 5.73 Å². The highest BCUT2D eigenvalue weighted by molar-refractivity contribution is 8.02. The molecule has 1 aromatic carbocycles. The molecule has 7 heteroatoms. The van der Waals surface area contributed by atoms with Gasteiger partial charge in [-0.1, -0.05) is 47.0 Å².